The van der Waals surface area contributed by atoms with Crippen molar-refractivity contribution in [3.8, 4) is 5.75 Å². The van der Waals surface area contributed by atoms with Gasteiger partial charge in [-0.3, -0.25) is 0 Å². The second-order valence-corrected chi connectivity index (χ2v) is 6.21. The smallest absolute Gasteiger partial charge is 0.137 e. The SMILES string of the molecule is Cc1ccccc1C1=C2C=CC(C)C=C2Oc2cc(N)ccc21. The summed E-state index contributed by atoms with van der Waals surface area (Å²) in [7, 11) is 0. The number of rotatable bonds is 1. The summed E-state index contributed by atoms with van der Waals surface area (Å²) >= 11 is 0. The maximum absolute atomic E-state index is 6.15. The van der Waals surface area contributed by atoms with Gasteiger partial charge in [-0.25, -0.2) is 0 Å². The fourth-order valence-corrected chi connectivity index (χ4v) is 3.25. The van der Waals surface area contributed by atoms with Gasteiger partial charge in [0.15, 0.2) is 0 Å². The summed E-state index contributed by atoms with van der Waals surface area (Å²) in [5.41, 5.74) is 12.6. The van der Waals surface area contributed by atoms with Crippen LogP contribution in [0.2, 0.25) is 0 Å². The van der Waals surface area contributed by atoms with Crippen molar-refractivity contribution in [2.45, 2.75) is 13.8 Å². The number of aryl methyl sites for hydroxylation is 1. The largest absolute Gasteiger partial charge is 0.456 e. The lowest BCUT2D eigenvalue weighted by atomic mass is 9.85. The summed E-state index contributed by atoms with van der Waals surface area (Å²) in [5, 5.41) is 0. The second kappa shape index (κ2) is 5.17. The summed E-state index contributed by atoms with van der Waals surface area (Å²) in [6, 6.07) is 14.4. The number of ether oxygens (including phenoxy) is 1. The Hall–Kier alpha value is -2.74. The lowest BCUT2D eigenvalue weighted by Gasteiger charge is -2.28. The minimum Gasteiger partial charge on any atom is -0.456 e. The maximum Gasteiger partial charge on any atom is 0.137 e. The van der Waals surface area contributed by atoms with E-state index in [4.69, 9.17) is 10.5 Å². The Morgan fingerprint density at radius 2 is 1.87 bits per heavy atom. The second-order valence-electron chi connectivity index (χ2n) is 6.21. The van der Waals surface area contributed by atoms with Gasteiger partial charge in [0.1, 0.15) is 11.5 Å². The fourth-order valence-electron chi connectivity index (χ4n) is 3.25. The molecule has 1 aliphatic heterocycles. The molecule has 0 saturated heterocycles. The molecule has 0 aromatic heterocycles. The van der Waals surface area contributed by atoms with Crippen molar-refractivity contribution in [1.82, 2.24) is 0 Å². The molecule has 2 aliphatic rings. The summed E-state index contributed by atoms with van der Waals surface area (Å²) in [5.74, 6) is 2.13. The molecule has 1 unspecified atom stereocenters. The molecule has 2 heteroatoms. The Labute approximate surface area is 136 Å². The molecule has 23 heavy (non-hydrogen) atoms. The van der Waals surface area contributed by atoms with Crippen LogP contribution in [0.15, 0.2) is 72.0 Å². The van der Waals surface area contributed by atoms with E-state index in [1.54, 1.807) is 0 Å². The van der Waals surface area contributed by atoms with Crippen molar-refractivity contribution in [3.63, 3.8) is 0 Å². The molecule has 0 bridgehead atoms. The molecule has 2 aromatic rings. The van der Waals surface area contributed by atoms with Crippen molar-refractivity contribution in [3.05, 3.63) is 88.7 Å². The molecule has 0 radical (unpaired) electrons. The Morgan fingerprint density at radius 1 is 1.04 bits per heavy atom. The van der Waals surface area contributed by atoms with Crippen LogP contribution in [0.5, 0.6) is 5.75 Å². The standard InChI is InChI=1S/C21H19NO/c1-13-7-9-17-19(11-13)23-20-12-15(22)8-10-18(20)21(17)16-6-4-3-5-14(16)2/h3-13H,22H2,1-2H3. The van der Waals surface area contributed by atoms with Crippen molar-refractivity contribution in [2.75, 3.05) is 5.73 Å². The van der Waals surface area contributed by atoms with E-state index in [2.05, 4.69) is 62.4 Å². The van der Waals surface area contributed by atoms with Gasteiger partial charge in [0, 0.05) is 28.5 Å². The van der Waals surface area contributed by atoms with Crippen LogP contribution in [0, 0.1) is 12.8 Å². The zero-order valence-corrected chi connectivity index (χ0v) is 13.3. The minimum absolute atomic E-state index is 0.370. The number of fused-ring (bicyclic) bond motifs is 2. The molecule has 114 valence electrons. The van der Waals surface area contributed by atoms with Gasteiger partial charge < -0.3 is 10.5 Å². The maximum atomic E-state index is 6.15. The van der Waals surface area contributed by atoms with Crippen LogP contribution < -0.4 is 10.5 Å². The van der Waals surface area contributed by atoms with Gasteiger partial charge in [0.25, 0.3) is 0 Å². The molecule has 2 nitrogen and oxygen atoms in total. The van der Waals surface area contributed by atoms with E-state index in [1.807, 2.05) is 12.1 Å². The monoisotopic (exact) mass is 301 g/mol. The molecule has 2 aromatic carbocycles. The van der Waals surface area contributed by atoms with Crippen molar-refractivity contribution < 1.29 is 4.74 Å². The minimum atomic E-state index is 0.370. The molecular weight excluding hydrogens is 282 g/mol. The first-order chi connectivity index (χ1) is 11.1. The fraction of sp³-hybridized carbons (Fsp3) is 0.143. The predicted octanol–water partition coefficient (Wildman–Crippen LogP) is 4.86. The highest BCUT2D eigenvalue weighted by atomic mass is 16.5. The number of hydrogen-bond donors (Lipinski definition) is 1. The first-order valence-electron chi connectivity index (χ1n) is 7.92. The first kappa shape index (κ1) is 13.9. The third-order valence-corrected chi connectivity index (χ3v) is 4.42. The number of nitrogen functional groups attached to an aromatic ring is 1. The van der Waals surface area contributed by atoms with Crippen LogP contribution in [0.25, 0.3) is 5.57 Å². The number of allylic oxidation sites excluding steroid dienone is 3. The lowest BCUT2D eigenvalue weighted by Crippen LogP contribution is -2.13. The lowest BCUT2D eigenvalue weighted by molar-refractivity contribution is 0.426. The molecule has 0 saturated carbocycles. The van der Waals surface area contributed by atoms with Crippen molar-refractivity contribution in [2.24, 2.45) is 5.92 Å². The van der Waals surface area contributed by atoms with E-state index in [9.17, 15) is 0 Å². The van der Waals surface area contributed by atoms with Gasteiger partial charge in [0.2, 0.25) is 0 Å². The van der Waals surface area contributed by atoms with E-state index in [0.29, 0.717) is 5.92 Å². The van der Waals surface area contributed by atoms with Gasteiger partial charge >= 0.3 is 0 Å². The number of benzene rings is 2. The Bertz CT molecular complexity index is 886. The van der Waals surface area contributed by atoms with E-state index in [-0.39, 0.29) is 0 Å². The van der Waals surface area contributed by atoms with Crippen LogP contribution in [0.4, 0.5) is 5.69 Å². The van der Waals surface area contributed by atoms with Crippen LogP contribution >= 0.6 is 0 Å². The summed E-state index contributed by atoms with van der Waals surface area (Å²) in [6.07, 6.45) is 6.56. The quantitative estimate of drug-likeness (QED) is 0.763. The highest BCUT2D eigenvalue weighted by Gasteiger charge is 2.27. The average Bonchev–Trinajstić information content (AvgIpc) is 2.53. The van der Waals surface area contributed by atoms with E-state index >= 15 is 0 Å². The van der Waals surface area contributed by atoms with Crippen LogP contribution in [0.3, 0.4) is 0 Å². The van der Waals surface area contributed by atoms with E-state index in [0.717, 1.165) is 28.3 Å². The Kier molecular flexibility index (Phi) is 3.12. The predicted molar refractivity (Wildman–Crippen MR) is 95.1 cm³/mol. The molecule has 2 N–H and O–H groups in total. The highest BCUT2D eigenvalue weighted by molar-refractivity contribution is 5.91. The Balaban J connectivity index is 2.04. The zero-order chi connectivity index (χ0) is 16.0. The molecule has 1 aliphatic carbocycles. The average molecular weight is 301 g/mol. The van der Waals surface area contributed by atoms with Gasteiger partial charge in [-0.1, -0.05) is 43.3 Å². The topological polar surface area (TPSA) is 35.2 Å². The molecule has 4 rings (SSSR count). The summed E-state index contributed by atoms with van der Waals surface area (Å²) < 4.78 is 6.15. The molecular formula is C21H19NO. The highest BCUT2D eigenvalue weighted by Crippen LogP contribution is 2.44. The van der Waals surface area contributed by atoms with Crippen molar-refractivity contribution in [1.29, 1.82) is 0 Å². The summed E-state index contributed by atoms with van der Waals surface area (Å²) in [6.45, 7) is 4.31. The van der Waals surface area contributed by atoms with Crippen LogP contribution in [-0.4, -0.2) is 0 Å². The normalized spacial score (nSPS) is 18.9. The third kappa shape index (κ3) is 2.27. The zero-order valence-electron chi connectivity index (χ0n) is 13.3. The molecule has 0 fully saturated rings. The molecule has 1 heterocycles. The van der Waals surface area contributed by atoms with Gasteiger partial charge in [-0.15, -0.1) is 0 Å². The summed E-state index contributed by atoms with van der Waals surface area (Å²) in [4.78, 5) is 0. The Morgan fingerprint density at radius 3 is 2.70 bits per heavy atom. The number of hydrogen-bond acceptors (Lipinski definition) is 2. The van der Waals surface area contributed by atoms with Crippen LogP contribution in [-0.2, 0) is 0 Å². The van der Waals surface area contributed by atoms with Gasteiger partial charge in [-0.05, 0) is 42.2 Å². The van der Waals surface area contributed by atoms with Crippen LogP contribution in [0.1, 0.15) is 23.6 Å². The number of anilines is 1. The molecule has 0 spiro atoms. The van der Waals surface area contributed by atoms with E-state index < -0.39 is 0 Å². The number of nitrogens with two attached hydrogens (primary N) is 1. The van der Waals surface area contributed by atoms with Gasteiger partial charge in [0.05, 0.1) is 0 Å². The molecule has 0 amide bonds. The third-order valence-electron chi connectivity index (χ3n) is 4.42. The van der Waals surface area contributed by atoms with E-state index in [1.165, 1.54) is 16.7 Å². The first-order valence-corrected chi connectivity index (χ1v) is 7.92. The van der Waals surface area contributed by atoms with Crippen molar-refractivity contribution >= 4 is 11.3 Å². The van der Waals surface area contributed by atoms with Gasteiger partial charge in [-0.2, -0.15) is 0 Å². The molecule has 1 atom stereocenters.